The predicted octanol–water partition coefficient (Wildman–Crippen LogP) is 3.08. The zero-order valence-corrected chi connectivity index (χ0v) is 6.39. The van der Waals surface area contributed by atoms with Crippen molar-refractivity contribution in [3.05, 3.63) is 36.0 Å². The number of hydrogen-bond acceptors (Lipinski definition) is 0. The summed E-state index contributed by atoms with van der Waals surface area (Å²) in [4.78, 5) is 0. The highest BCUT2D eigenvalue weighted by Crippen LogP contribution is 1.93. The molecular weight excluding hydrogens is 108 g/mol. The maximum Gasteiger partial charge on any atom is -0.0398 e. The molecule has 0 heteroatoms. The first-order valence-corrected chi connectivity index (χ1v) is 3.23. The molecule has 0 aliphatic carbocycles. The topological polar surface area (TPSA) is 0 Å². The van der Waals surface area contributed by atoms with Crippen molar-refractivity contribution in [1.82, 2.24) is 0 Å². The van der Waals surface area contributed by atoms with Crippen LogP contribution < -0.4 is 0 Å². The molecule has 0 nitrogen and oxygen atoms in total. The average Bonchev–Trinajstić information content (AvgIpc) is 1.85. The maximum atomic E-state index is 2.08. The number of rotatable bonds is 2. The lowest BCUT2D eigenvalue weighted by Gasteiger charge is -1.83. The molecule has 0 bridgehead atoms. The third-order valence-corrected chi connectivity index (χ3v) is 0.981. The van der Waals surface area contributed by atoms with Crippen LogP contribution in [0, 0.1) is 0 Å². The summed E-state index contributed by atoms with van der Waals surface area (Å²) in [5, 5.41) is 0. The maximum absolute atomic E-state index is 2.08. The lowest BCUT2D eigenvalue weighted by atomic mass is 10.2. The van der Waals surface area contributed by atoms with Crippen LogP contribution >= 0.6 is 0 Å². The van der Waals surface area contributed by atoms with Gasteiger partial charge in [-0.05, 0) is 20.8 Å². The van der Waals surface area contributed by atoms with Crippen LogP contribution in [-0.2, 0) is 0 Å². The molecule has 0 aliphatic heterocycles. The molecule has 0 aromatic carbocycles. The fourth-order valence-corrected chi connectivity index (χ4v) is 0.566. The normalized spacial score (nSPS) is 13.9. The third-order valence-electron chi connectivity index (χ3n) is 0.981. The van der Waals surface area contributed by atoms with E-state index in [4.69, 9.17) is 0 Å². The van der Waals surface area contributed by atoms with Crippen molar-refractivity contribution in [2.24, 2.45) is 0 Å². The quantitative estimate of drug-likeness (QED) is 0.494. The molecule has 0 fully saturated rings. The Morgan fingerprint density at radius 1 is 1.11 bits per heavy atom. The SMILES string of the molecule is C\C=C/C=C(C)\C=C/C. The Kier molecular flexibility index (Phi) is 4.89. The third kappa shape index (κ3) is 5.09. The summed E-state index contributed by atoms with van der Waals surface area (Å²) in [5.41, 5.74) is 1.29. The van der Waals surface area contributed by atoms with Crippen molar-refractivity contribution in [3.8, 4) is 0 Å². The molecule has 0 spiro atoms. The van der Waals surface area contributed by atoms with Gasteiger partial charge in [-0.25, -0.2) is 0 Å². The highest BCUT2D eigenvalue weighted by molar-refractivity contribution is 5.20. The first-order valence-electron chi connectivity index (χ1n) is 3.23. The minimum Gasteiger partial charge on any atom is -0.0877 e. The lowest BCUT2D eigenvalue weighted by Crippen LogP contribution is -1.62. The smallest absolute Gasteiger partial charge is 0.0398 e. The van der Waals surface area contributed by atoms with Crippen LogP contribution in [-0.4, -0.2) is 0 Å². The molecule has 0 amide bonds. The van der Waals surface area contributed by atoms with Gasteiger partial charge in [-0.1, -0.05) is 36.0 Å². The Morgan fingerprint density at radius 3 is 2.22 bits per heavy atom. The van der Waals surface area contributed by atoms with E-state index in [1.165, 1.54) is 5.57 Å². The van der Waals surface area contributed by atoms with Gasteiger partial charge in [-0.2, -0.15) is 0 Å². The van der Waals surface area contributed by atoms with Gasteiger partial charge in [-0.15, -0.1) is 0 Å². The Balaban J connectivity index is 3.84. The summed E-state index contributed by atoms with van der Waals surface area (Å²) in [5.74, 6) is 0. The zero-order chi connectivity index (χ0) is 7.11. The molecular formula is C9H14. The van der Waals surface area contributed by atoms with Crippen molar-refractivity contribution in [2.45, 2.75) is 20.8 Å². The van der Waals surface area contributed by atoms with Gasteiger partial charge in [0.1, 0.15) is 0 Å². The molecule has 0 rings (SSSR count). The molecule has 0 aliphatic rings. The summed E-state index contributed by atoms with van der Waals surface area (Å²) < 4.78 is 0. The first kappa shape index (κ1) is 8.22. The Bertz CT molecular complexity index is 136. The van der Waals surface area contributed by atoms with Crippen LogP contribution in [0.2, 0.25) is 0 Å². The predicted molar refractivity (Wildman–Crippen MR) is 43.4 cm³/mol. The molecule has 0 atom stereocenters. The van der Waals surface area contributed by atoms with Gasteiger partial charge in [0.05, 0.1) is 0 Å². The summed E-state index contributed by atoms with van der Waals surface area (Å²) >= 11 is 0. The highest BCUT2D eigenvalue weighted by atomic mass is 13.8. The standard InChI is InChI=1S/C9H14/c1-4-6-8-9(3)7-5-2/h4-8H,1-3H3/b6-4-,7-5-,9-8-. The number of hydrogen-bond donors (Lipinski definition) is 0. The van der Waals surface area contributed by atoms with Crippen LogP contribution in [0.5, 0.6) is 0 Å². The summed E-state index contributed by atoms with van der Waals surface area (Å²) in [6.07, 6.45) is 10.3. The minimum absolute atomic E-state index is 1.29. The van der Waals surface area contributed by atoms with Crippen molar-refractivity contribution < 1.29 is 0 Å². The molecule has 0 saturated heterocycles. The van der Waals surface area contributed by atoms with E-state index in [0.29, 0.717) is 0 Å². The molecule has 0 aromatic rings. The van der Waals surface area contributed by atoms with Crippen LogP contribution in [0.3, 0.4) is 0 Å². The van der Waals surface area contributed by atoms with Gasteiger partial charge < -0.3 is 0 Å². The summed E-state index contributed by atoms with van der Waals surface area (Å²) in [6, 6.07) is 0. The van der Waals surface area contributed by atoms with Crippen LogP contribution in [0.4, 0.5) is 0 Å². The van der Waals surface area contributed by atoms with Crippen molar-refractivity contribution in [3.63, 3.8) is 0 Å². The van der Waals surface area contributed by atoms with E-state index in [9.17, 15) is 0 Å². The van der Waals surface area contributed by atoms with E-state index in [1.807, 2.05) is 32.1 Å². The molecule has 9 heavy (non-hydrogen) atoms. The second-order valence-corrected chi connectivity index (χ2v) is 1.94. The van der Waals surface area contributed by atoms with Crippen LogP contribution in [0.1, 0.15) is 20.8 Å². The monoisotopic (exact) mass is 122 g/mol. The largest absolute Gasteiger partial charge is 0.0877 e. The van der Waals surface area contributed by atoms with Gasteiger partial charge in [0.15, 0.2) is 0 Å². The Labute approximate surface area is 57.6 Å². The zero-order valence-electron chi connectivity index (χ0n) is 6.39. The number of allylic oxidation sites excluding steroid dienone is 6. The molecule has 0 aromatic heterocycles. The molecule has 50 valence electrons. The van der Waals surface area contributed by atoms with Crippen molar-refractivity contribution >= 4 is 0 Å². The van der Waals surface area contributed by atoms with E-state index in [0.717, 1.165) is 0 Å². The Morgan fingerprint density at radius 2 is 1.78 bits per heavy atom. The van der Waals surface area contributed by atoms with Crippen molar-refractivity contribution in [2.75, 3.05) is 0 Å². The Hall–Kier alpha value is -0.780. The molecule has 0 radical (unpaired) electrons. The van der Waals surface area contributed by atoms with Gasteiger partial charge in [0.2, 0.25) is 0 Å². The van der Waals surface area contributed by atoms with Gasteiger partial charge in [-0.3, -0.25) is 0 Å². The van der Waals surface area contributed by atoms with Crippen LogP contribution in [0.25, 0.3) is 0 Å². The van der Waals surface area contributed by atoms with Gasteiger partial charge >= 0.3 is 0 Å². The van der Waals surface area contributed by atoms with Gasteiger partial charge in [0.25, 0.3) is 0 Å². The lowest BCUT2D eigenvalue weighted by molar-refractivity contribution is 1.50. The average molecular weight is 122 g/mol. The van der Waals surface area contributed by atoms with Gasteiger partial charge in [0, 0.05) is 0 Å². The second-order valence-electron chi connectivity index (χ2n) is 1.94. The molecule has 0 heterocycles. The van der Waals surface area contributed by atoms with E-state index >= 15 is 0 Å². The second kappa shape index (κ2) is 5.36. The van der Waals surface area contributed by atoms with Crippen molar-refractivity contribution in [1.29, 1.82) is 0 Å². The molecule has 0 unspecified atom stereocenters. The fraction of sp³-hybridized carbons (Fsp3) is 0.333. The van der Waals surface area contributed by atoms with E-state index < -0.39 is 0 Å². The van der Waals surface area contributed by atoms with Crippen LogP contribution in [0.15, 0.2) is 36.0 Å². The minimum atomic E-state index is 1.29. The highest BCUT2D eigenvalue weighted by Gasteiger charge is 1.72. The van der Waals surface area contributed by atoms with E-state index in [2.05, 4.69) is 19.1 Å². The molecule has 0 saturated carbocycles. The van der Waals surface area contributed by atoms with E-state index in [1.54, 1.807) is 0 Å². The fourth-order valence-electron chi connectivity index (χ4n) is 0.566. The summed E-state index contributed by atoms with van der Waals surface area (Å²) in [7, 11) is 0. The summed E-state index contributed by atoms with van der Waals surface area (Å²) in [6.45, 7) is 6.12. The van der Waals surface area contributed by atoms with E-state index in [-0.39, 0.29) is 0 Å². The first-order chi connectivity index (χ1) is 4.31. The molecule has 0 N–H and O–H groups in total.